The van der Waals surface area contributed by atoms with Crippen molar-refractivity contribution in [3.05, 3.63) is 47.3 Å². The Morgan fingerprint density at radius 3 is 2.48 bits per heavy atom. The lowest BCUT2D eigenvalue weighted by Gasteiger charge is -2.02. The fraction of sp³-hybridized carbons (Fsp3) is 0.286. The topological polar surface area (TPSA) is 103 Å². The zero-order chi connectivity index (χ0) is 15.5. The van der Waals surface area contributed by atoms with Crippen molar-refractivity contribution in [1.29, 1.82) is 0 Å². The number of Topliss-reactive ketones (excluding diaryl/α,β-unsaturated/α-hetero) is 1. The molecule has 0 spiro atoms. The number of ketones is 1. The number of hydrogen-bond donors (Lipinski definition) is 1. The highest BCUT2D eigenvalue weighted by atomic mass is 32.2. The maximum Gasteiger partial charge on any atom is 0.238 e. The number of primary sulfonamides is 1. The molecule has 1 aromatic carbocycles. The molecule has 0 atom stereocenters. The van der Waals surface area contributed by atoms with Crippen molar-refractivity contribution in [1.82, 2.24) is 5.16 Å². The molecular formula is C14H16N2O4S. The van der Waals surface area contributed by atoms with Gasteiger partial charge in [-0.2, -0.15) is 0 Å². The smallest absolute Gasteiger partial charge is 0.238 e. The highest BCUT2D eigenvalue weighted by molar-refractivity contribution is 7.89. The Hall–Kier alpha value is -1.99. The number of rotatable bonds is 6. The van der Waals surface area contributed by atoms with Crippen molar-refractivity contribution in [2.45, 2.75) is 31.1 Å². The molecule has 0 radical (unpaired) electrons. The molecule has 6 nitrogen and oxygen atoms in total. The van der Waals surface area contributed by atoms with E-state index in [2.05, 4.69) is 5.16 Å². The van der Waals surface area contributed by atoms with Crippen molar-refractivity contribution in [3.8, 4) is 0 Å². The van der Waals surface area contributed by atoms with Gasteiger partial charge < -0.3 is 4.52 Å². The first-order valence-electron chi connectivity index (χ1n) is 6.44. The van der Waals surface area contributed by atoms with Gasteiger partial charge in [0, 0.05) is 12.5 Å². The predicted molar refractivity (Wildman–Crippen MR) is 76.3 cm³/mol. The number of aryl methyl sites for hydroxylation is 2. The molecule has 1 heterocycles. The highest BCUT2D eigenvalue weighted by Gasteiger charge is 2.11. The lowest BCUT2D eigenvalue weighted by Crippen LogP contribution is -2.11. The third-order valence-electron chi connectivity index (χ3n) is 3.03. The van der Waals surface area contributed by atoms with Crippen LogP contribution < -0.4 is 5.14 Å². The summed E-state index contributed by atoms with van der Waals surface area (Å²) in [6.45, 7) is 1.73. The van der Waals surface area contributed by atoms with Crippen LogP contribution in [0.15, 0.2) is 39.8 Å². The molecule has 7 heteroatoms. The van der Waals surface area contributed by atoms with Crippen molar-refractivity contribution < 1.29 is 17.7 Å². The van der Waals surface area contributed by atoms with Crippen LogP contribution in [0, 0.1) is 6.92 Å². The molecule has 2 rings (SSSR count). The van der Waals surface area contributed by atoms with Gasteiger partial charge in [-0.1, -0.05) is 17.3 Å². The molecule has 0 fully saturated rings. The van der Waals surface area contributed by atoms with Crippen LogP contribution >= 0.6 is 0 Å². The first-order chi connectivity index (χ1) is 9.86. The Morgan fingerprint density at radius 2 is 1.95 bits per heavy atom. The molecule has 0 unspecified atom stereocenters. The number of carbonyl (C=O) groups is 1. The van der Waals surface area contributed by atoms with Gasteiger partial charge in [-0.3, -0.25) is 4.79 Å². The molecule has 2 N–H and O–H groups in total. The van der Waals surface area contributed by atoms with E-state index >= 15 is 0 Å². The van der Waals surface area contributed by atoms with Gasteiger partial charge in [-0.15, -0.1) is 0 Å². The molecule has 0 saturated carbocycles. The molecule has 112 valence electrons. The summed E-state index contributed by atoms with van der Waals surface area (Å²) in [4.78, 5) is 11.9. The summed E-state index contributed by atoms with van der Waals surface area (Å²) in [6, 6.07) is 7.94. The maximum absolute atomic E-state index is 11.8. The predicted octanol–water partition coefficient (Wildman–Crippen LogP) is 1.84. The van der Waals surface area contributed by atoms with Crippen LogP contribution in [0.25, 0.3) is 0 Å². The van der Waals surface area contributed by atoms with E-state index in [1.165, 1.54) is 12.1 Å². The number of nitrogens with zero attached hydrogens (tertiary/aromatic N) is 1. The molecular weight excluding hydrogens is 292 g/mol. The van der Waals surface area contributed by atoms with Crippen LogP contribution in [0.4, 0.5) is 0 Å². The zero-order valence-electron chi connectivity index (χ0n) is 11.6. The van der Waals surface area contributed by atoms with Gasteiger partial charge in [-0.05, 0) is 37.5 Å². The molecule has 2 aromatic rings. The minimum Gasteiger partial charge on any atom is -0.361 e. The summed E-state index contributed by atoms with van der Waals surface area (Å²) >= 11 is 0. The second kappa shape index (κ2) is 6.19. The van der Waals surface area contributed by atoms with Gasteiger partial charge in [0.05, 0.1) is 4.90 Å². The lowest BCUT2D eigenvalue weighted by molar-refractivity contribution is 0.0971. The Labute approximate surface area is 123 Å². The summed E-state index contributed by atoms with van der Waals surface area (Å²) in [6.07, 6.45) is 1.69. The van der Waals surface area contributed by atoms with Crippen molar-refractivity contribution in [2.75, 3.05) is 0 Å². The highest BCUT2D eigenvalue weighted by Crippen LogP contribution is 2.12. The SMILES string of the molecule is Cc1cc(C(=O)CCCc2ccc(S(N)(=O)=O)cc2)no1. The lowest BCUT2D eigenvalue weighted by atomic mass is 10.1. The number of aromatic nitrogens is 1. The first kappa shape index (κ1) is 15.4. The Bertz CT molecular complexity index is 733. The zero-order valence-corrected chi connectivity index (χ0v) is 12.4. The number of nitrogens with two attached hydrogens (primary N) is 1. The van der Waals surface area contributed by atoms with E-state index in [0.717, 1.165) is 5.56 Å². The summed E-state index contributed by atoms with van der Waals surface area (Å²) in [7, 11) is -3.66. The average Bonchev–Trinajstić information content (AvgIpc) is 2.85. The minimum absolute atomic E-state index is 0.0620. The fourth-order valence-corrected chi connectivity index (χ4v) is 2.44. The van der Waals surface area contributed by atoms with E-state index in [0.29, 0.717) is 30.7 Å². The molecule has 1 aromatic heterocycles. The standard InChI is InChI=1S/C14H16N2O4S/c1-10-9-13(16-20-10)14(17)4-2-3-11-5-7-12(8-6-11)21(15,18)19/h5-9H,2-4H2,1H3,(H2,15,18,19). The normalized spacial score (nSPS) is 11.5. The molecule has 0 aliphatic heterocycles. The van der Waals surface area contributed by atoms with Crippen LogP contribution in [-0.4, -0.2) is 19.4 Å². The summed E-state index contributed by atoms with van der Waals surface area (Å²) in [5.41, 5.74) is 1.30. The Balaban J connectivity index is 1.88. The van der Waals surface area contributed by atoms with Gasteiger partial charge >= 0.3 is 0 Å². The minimum atomic E-state index is -3.66. The third-order valence-corrected chi connectivity index (χ3v) is 3.96. The second-order valence-electron chi connectivity index (χ2n) is 4.79. The fourth-order valence-electron chi connectivity index (χ4n) is 1.92. The monoisotopic (exact) mass is 308 g/mol. The molecule has 0 aliphatic carbocycles. The largest absolute Gasteiger partial charge is 0.361 e. The molecule has 0 bridgehead atoms. The summed E-state index contributed by atoms with van der Waals surface area (Å²) < 4.78 is 27.1. The Kier molecular flexibility index (Phi) is 4.54. The van der Waals surface area contributed by atoms with E-state index in [-0.39, 0.29) is 10.7 Å². The van der Waals surface area contributed by atoms with E-state index in [9.17, 15) is 13.2 Å². The van der Waals surface area contributed by atoms with Crippen LogP contribution in [0.5, 0.6) is 0 Å². The second-order valence-corrected chi connectivity index (χ2v) is 6.35. The Morgan fingerprint density at radius 1 is 1.29 bits per heavy atom. The molecule has 21 heavy (non-hydrogen) atoms. The van der Waals surface area contributed by atoms with Crippen LogP contribution in [0.3, 0.4) is 0 Å². The van der Waals surface area contributed by atoms with Crippen molar-refractivity contribution in [3.63, 3.8) is 0 Å². The van der Waals surface area contributed by atoms with Gasteiger partial charge in [0.25, 0.3) is 0 Å². The number of benzene rings is 1. The van der Waals surface area contributed by atoms with Gasteiger partial charge in [-0.25, -0.2) is 13.6 Å². The summed E-state index contributed by atoms with van der Waals surface area (Å²) in [5.74, 6) is 0.546. The maximum atomic E-state index is 11.8. The van der Waals surface area contributed by atoms with Crippen molar-refractivity contribution in [2.24, 2.45) is 5.14 Å². The average molecular weight is 308 g/mol. The molecule has 0 amide bonds. The third kappa shape index (κ3) is 4.24. The van der Waals surface area contributed by atoms with E-state index in [1.807, 2.05) is 0 Å². The summed E-state index contributed by atoms with van der Waals surface area (Å²) in [5, 5.41) is 8.70. The van der Waals surface area contributed by atoms with Crippen LogP contribution in [-0.2, 0) is 16.4 Å². The number of sulfonamides is 1. The number of carbonyl (C=O) groups excluding carboxylic acids is 1. The molecule has 0 aliphatic rings. The van der Waals surface area contributed by atoms with Gasteiger partial charge in [0.2, 0.25) is 10.0 Å². The van der Waals surface area contributed by atoms with Gasteiger partial charge in [0.1, 0.15) is 11.5 Å². The quantitative estimate of drug-likeness (QED) is 0.820. The van der Waals surface area contributed by atoms with E-state index < -0.39 is 10.0 Å². The first-order valence-corrected chi connectivity index (χ1v) is 7.99. The van der Waals surface area contributed by atoms with E-state index in [1.54, 1.807) is 25.1 Å². The van der Waals surface area contributed by atoms with Crippen LogP contribution in [0.2, 0.25) is 0 Å². The number of hydrogen-bond acceptors (Lipinski definition) is 5. The van der Waals surface area contributed by atoms with E-state index in [4.69, 9.17) is 9.66 Å². The molecule has 0 saturated heterocycles. The van der Waals surface area contributed by atoms with Crippen molar-refractivity contribution >= 4 is 15.8 Å². The van der Waals surface area contributed by atoms with Gasteiger partial charge in [0.15, 0.2) is 5.78 Å². The van der Waals surface area contributed by atoms with Crippen LogP contribution in [0.1, 0.15) is 34.7 Å².